The van der Waals surface area contributed by atoms with Crippen molar-refractivity contribution in [2.45, 2.75) is 6.54 Å². The minimum atomic E-state index is 0.654. The van der Waals surface area contributed by atoms with Gasteiger partial charge in [-0.2, -0.15) is 0 Å². The van der Waals surface area contributed by atoms with Crippen molar-refractivity contribution in [3.8, 4) is 0 Å². The van der Waals surface area contributed by atoms with Crippen molar-refractivity contribution < 1.29 is 4.79 Å². The lowest BCUT2D eigenvalue weighted by molar-refractivity contribution is 0.112. The number of carbonyl (C=O) groups excluding carboxylic acids is 1. The summed E-state index contributed by atoms with van der Waals surface area (Å²) in [6, 6.07) is 5.61. The van der Waals surface area contributed by atoms with Crippen LogP contribution in [-0.4, -0.2) is 22.9 Å². The van der Waals surface area contributed by atoms with Crippen LogP contribution >= 0.6 is 15.9 Å². The number of aldehydes is 1. The Balaban J connectivity index is 2.28. The molecule has 0 saturated heterocycles. The van der Waals surface area contributed by atoms with Crippen LogP contribution in [0.25, 0.3) is 0 Å². The molecule has 1 aromatic heterocycles. The summed E-state index contributed by atoms with van der Waals surface area (Å²) in [6.07, 6.45) is 4.55. The van der Waals surface area contributed by atoms with Crippen LogP contribution < -0.4 is 4.90 Å². The van der Waals surface area contributed by atoms with E-state index in [1.54, 1.807) is 12.3 Å². The highest BCUT2D eigenvalue weighted by atomic mass is 79.9. The Morgan fingerprint density at radius 2 is 2.28 bits per heavy atom. The summed E-state index contributed by atoms with van der Waals surface area (Å²) in [7, 11) is 3.90. The standard InChI is InChI=1S/C13H14BrN3O/c1-16-6-5-15-13(16)8-17(2)12-7-11(14)4-3-10(12)9-18/h3-7,9H,8H2,1-2H3. The van der Waals surface area contributed by atoms with Gasteiger partial charge in [0.05, 0.1) is 6.54 Å². The van der Waals surface area contributed by atoms with Crippen molar-refractivity contribution in [1.29, 1.82) is 0 Å². The van der Waals surface area contributed by atoms with Gasteiger partial charge in [0.25, 0.3) is 0 Å². The summed E-state index contributed by atoms with van der Waals surface area (Å²) in [6.45, 7) is 0.654. The van der Waals surface area contributed by atoms with E-state index >= 15 is 0 Å². The van der Waals surface area contributed by atoms with Gasteiger partial charge in [-0.15, -0.1) is 0 Å². The predicted molar refractivity (Wildman–Crippen MR) is 74.8 cm³/mol. The number of aryl methyl sites for hydroxylation is 1. The molecule has 0 saturated carbocycles. The smallest absolute Gasteiger partial charge is 0.152 e. The first-order chi connectivity index (χ1) is 8.61. The lowest BCUT2D eigenvalue weighted by Crippen LogP contribution is -2.20. The normalized spacial score (nSPS) is 10.4. The van der Waals surface area contributed by atoms with Crippen LogP contribution in [0.4, 0.5) is 5.69 Å². The maximum atomic E-state index is 11.0. The fourth-order valence-corrected chi connectivity index (χ4v) is 2.14. The van der Waals surface area contributed by atoms with E-state index in [2.05, 4.69) is 20.9 Å². The van der Waals surface area contributed by atoms with Gasteiger partial charge in [-0.25, -0.2) is 4.98 Å². The van der Waals surface area contributed by atoms with Gasteiger partial charge in [0, 0.05) is 42.2 Å². The number of anilines is 1. The summed E-state index contributed by atoms with van der Waals surface area (Å²) >= 11 is 3.42. The molecule has 0 spiro atoms. The number of carbonyl (C=O) groups is 1. The molecule has 0 unspecified atom stereocenters. The lowest BCUT2D eigenvalue weighted by atomic mass is 10.2. The molecule has 0 bridgehead atoms. The van der Waals surface area contributed by atoms with Crippen LogP contribution in [0.15, 0.2) is 35.1 Å². The quantitative estimate of drug-likeness (QED) is 0.815. The van der Waals surface area contributed by atoms with Crippen molar-refractivity contribution in [2.75, 3.05) is 11.9 Å². The number of benzene rings is 1. The molecule has 4 nitrogen and oxygen atoms in total. The van der Waals surface area contributed by atoms with Crippen LogP contribution in [0.3, 0.4) is 0 Å². The summed E-state index contributed by atoms with van der Waals surface area (Å²) in [4.78, 5) is 17.3. The molecule has 2 rings (SSSR count). The largest absolute Gasteiger partial charge is 0.367 e. The molecule has 1 heterocycles. The third kappa shape index (κ3) is 2.61. The summed E-state index contributed by atoms with van der Waals surface area (Å²) in [5, 5.41) is 0. The number of halogens is 1. The van der Waals surface area contributed by atoms with Crippen LogP contribution in [0.5, 0.6) is 0 Å². The van der Waals surface area contributed by atoms with Crippen LogP contribution in [-0.2, 0) is 13.6 Å². The zero-order chi connectivity index (χ0) is 13.1. The highest BCUT2D eigenvalue weighted by molar-refractivity contribution is 9.10. The fourth-order valence-electron chi connectivity index (χ4n) is 1.79. The third-order valence-electron chi connectivity index (χ3n) is 2.83. The van der Waals surface area contributed by atoms with Crippen molar-refractivity contribution in [2.24, 2.45) is 7.05 Å². The first kappa shape index (κ1) is 12.8. The van der Waals surface area contributed by atoms with Gasteiger partial charge in [0.15, 0.2) is 6.29 Å². The molecule has 5 heteroatoms. The van der Waals surface area contributed by atoms with Crippen LogP contribution in [0.2, 0.25) is 0 Å². The number of imidazole rings is 1. The molecule has 18 heavy (non-hydrogen) atoms. The van der Waals surface area contributed by atoms with Gasteiger partial charge < -0.3 is 9.47 Å². The molecule has 0 N–H and O–H groups in total. The SMILES string of the molecule is CN(Cc1nccn1C)c1cc(Br)ccc1C=O. The molecule has 0 aliphatic rings. The number of nitrogens with zero attached hydrogens (tertiary/aromatic N) is 3. The molecule has 2 aromatic rings. The van der Waals surface area contributed by atoms with Gasteiger partial charge in [-0.3, -0.25) is 4.79 Å². The first-order valence-corrected chi connectivity index (χ1v) is 6.33. The van der Waals surface area contributed by atoms with Crippen molar-refractivity contribution >= 4 is 27.9 Å². The van der Waals surface area contributed by atoms with E-state index < -0.39 is 0 Å². The molecule has 0 amide bonds. The van der Waals surface area contributed by atoms with Gasteiger partial charge in [0.2, 0.25) is 0 Å². The number of aromatic nitrogens is 2. The minimum absolute atomic E-state index is 0.654. The Kier molecular flexibility index (Phi) is 3.81. The van der Waals surface area contributed by atoms with Crippen molar-refractivity contribution in [3.05, 3.63) is 46.5 Å². The van der Waals surface area contributed by atoms with Gasteiger partial charge in [0.1, 0.15) is 5.82 Å². The monoisotopic (exact) mass is 307 g/mol. The van der Waals surface area contributed by atoms with E-state index in [4.69, 9.17) is 0 Å². The van der Waals surface area contributed by atoms with E-state index in [0.29, 0.717) is 12.1 Å². The van der Waals surface area contributed by atoms with Gasteiger partial charge in [-0.1, -0.05) is 15.9 Å². The zero-order valence-corrected chi connectivity index (χ0v) is 11.9. The summed E-state index contributed by atoms with van der Waals surface area (Å²) in [5.74, 6) is 0.953. The van der Waals surface area contributed by atoms with E-state index in [1.165, 1.54) is 0 Å². The second kappa shape index (κ2) is 5.35. The average Bonchev–Trinajstić information content (AvgIpc) is 2.75. The first-order valence-electron chi connectivity index (χ1n) is 5.54. The molecule has 0 aliphatic carbocycles. The average molecular weight is 308 g/mol. The van der Waals surface area contributed by atoms with Gasteiger partial charge >= 0.3 is 0 Å². The number of rotatable bonds is 4. The molecule has 94 valence electrons. The zero-order valence-electron chi connectivity index (χ0n) is 10.3. The fraction of sp³-hybridized carbons (Fsp3) is 0.231. The summed E-state index contributed by atoms with van der Waals surface area (Å²) in [5.41, 5.74) is 1.57. The molecule has 0 atom stereocenters. The molecule has 1 aromatic carbocycles. The molecular formula is C13H14BrN3O. The van der Waals surface area contributed by atoms with Crippen molar-refractivity contribution in [1.82, 2.24) is 9.55 Å². The summed E-state index contributed by atoms with van der Waals surface area (Å²) < 4.78 is 2.92. The molecule has 0 fully saturated rings. The Morgan fingerprint density at radius 3 is 2.89 bits per heavy atom. The van der Waals surface area contributed by atoms with Gasteiger partial charge in [-0.05, 0) is 18.2 Å². The van der Waals surface area contributed by atoms with Crippen molar-refractivity contribution in [3.63, 3.8) is 0 Å². The maximum Gasteiger partial charge on any atom is 0.152 e. The second-order valence-corrected chi connectivity index (χ2v) is 5.05. The Morgan fingerprint density at radius 1 is 1.50 bits per heavy atom. The lowest BCUT2D eigenvalue weighted by Gasteiger charge is -2.20. The Hall–Kier alpha value is -1.62. The van der Waals surface area contributed by atoms with Crippen LogP contribution in [0, 0.1) is 0 Å². The topological polar surface area (TPSA) is 38.1 Å². The Labute approximate surface area is 114 Å². The highest BCUT2D eigenvalue weighted by Gasteiger charge is 2.10. The van der Waals surface area contributed by atoms with E-state index in [9.17, 15) is 4.79 Å². The number of hydrogen-bond acceptors (Lipinski definition) is 3. The van der Waals surface area contributed by atoms with E-state index in [1.807, 2.05) is 41.9 Å². The third-order valence-corrected chi connectivity index (χ3v) is 3.32. The van der Waals surface area contributed by atoms with E-state index in [-0.39, 0.29) is 0 Å². The minimum Gasteiger partial charge on any atom is -0.367 e. The second-order valence-electron chi connectivity index (χ2n) is 4.13. The molecule has 0 aliphatic heterocycles. The van der Waals surface area contributed by atoms with Crippen LogP contribution in [0.1, 0.15) is 16.2 Å². The molecule has 0 radical (unpaired) electrons. The Bertz CT molecular complexity index is 565. The molecular weight excluding hydrogens is 294 g/mol. The van der Waals surface area contributed by atoms with E-state index in [0.717, 1.165) is 22.3 Å². The highest BCUT2D eigenvalue weighted by Crippen LogP contribution is 2.24. The maximum absolute atomic E-state index is 11.0. The predicted octanol–water partition coefficient (Wildman–Crippen LogP) is 2.63. The number of hydrogen-bond donors (Lipinski definition) is 0.